The molecule has 2 fully saturated rings. The smallest absolute Gasteiger partial charge is 0.236 e. The number of likely N-dealkylation sites (tertiary alicyclic amines) is 1. The van der Waals surface area contributed by atoms with Crippen molar-refractivity contribution in [1.29, 1.82) is 0 Å². The lowest BCUT2D eigenvalue weighted by Crippen LogP contribution is -2.54. The van der Waals surface area contributed by atoms with Gasteiger partial charge in [-0.1, -0.05) is 0 Å². The lowest BCUT2D eigenvalue weighted by Gasteiger charge is -2.45. The number of carbonyl (C=O) groups is 1. The Morgan fingerprint density at radius 2 is 1.83 bits per heavy atom. The Morgan fingerprint density at radius 1 is 1.17 bits per heavy atom. The van der Waals surface area contributed by atoms with Gasteiger partial charge in [0.05, 0.1) is 6.54 Å². The monoisotopic (exact) mass is 317 g/mol. The topological polar surface area (TPSA) is 52.6 Å². The standard InChI is InChI=1S/C17H27N5O/c1-14-11-18-16(19-12-14)22-8-4-5-17(22)6-9-21(10-7-17)13-15(23)20(2)3/h11-12H,4-10,13H2,1-3H3. The Labute approximate surface area is 138 Å². The van der Waals surface area contributed by atoms with E-state index in [1.165, 1.54) is 12.8 Å². The van der Waals surface area contributed by atoms with Crippen molar-refractivity contribution in [2.45, 2.75) is 38.1 Å². The van der Waals surface area contributed by atoms with E-state index in [0.717, 1.165) is 44.0 Å². The van der Waals surface area contributed by atoms with Crippen LogP contribution >= 0.6 is 0 Å². The first-order chi connectivity index (χ1) is 11.0. The van der Waals surface area contributed by atoms with Crippen LogP contribution in [0.4, 0.5) is 5.95 Å². The lowest BCUT2D eigenvalue weighted by atomic mass is 9.85. The molecule has 6 nitrogen and oxygen atoms in total. The van der Waals surface area contributed by atoms with Crippen LogP contribution in [0.15, 0.2) is 12.4 Å². The molecule has 0 N–H and O–H groups in total. The Kier molecular flexibility index (Phi) is 4.53. The quantitative estimate of drug-likeness (QED) is 0.841. The molecule has 3 rings (SSSR count). The highest BCUT2D eigenvalue weighted by Gasteiger charge is 2.44. The zero-order chi connectivity index (χ0) is 16.4. The molecule has 1 amide bonds. The number of carbonyl (C=O) groups excluding carboxylic acids is 1. The molecule has 1 aromatic heterocycles. The van der Waals surface area contributed by atoms with Crippen molar-refractivity contribution in [3.63, 3.8) is 0 Å². The number of aryl methyl sites for hydroxylation is 1. The zero-order valence-electron chi connectivity index (χ0n) is 14.5. The summed E-state index contributed by atoms with van der Waals surface area (Å²) in [5, 5.41) is 0. The second-order valence-electron chi connectivity index (χ2n) is 7.10. The first kappa shape index (κ1) is 16.2. The Hall–Kier alpha value is -1.69. The predicted molar refractivity (Wildman–Crippen MR) is 90.4 cm³/mol. The number of anilines is 1. The number of amides is 1. The van der Waals surface area contributed by atoms with Gasteiger partial charge in [0.15, 0.2) is 0 Å². The molecule has 6 heteroatoms. The highest BCUT2D eigenvalue weighted by molar-refractivity contribution is 5.77. The fraction of sp³-hybridized carbons (Fsp3) is 0.706. The van der Waals surface area contributed by atoms with Gasteiger partial charge in [0.25, 0.3) is 0 Å². The van der Waals surface area contributed by atoms with Gasteiger partial charge in [-0.25, -0.2) is 9.97 Å². The van der Waals surface area contributed by atoms with Crippen LogP contribution in [0.1, 0.15) is 31.2 Å². The van der Waals surface area contributed by atoms with E-state index in [1.807, 2.05) is 33.4 Å². The summed E-state index contributed by atoms with van der Waals surface area (Å²) in [5.74, 6) is 1.05. The van der Waals surface area contributed by atoms with Crippen molar-refractivity contribution in [2.24, 2.45) is 0 Å². The summed E-state index contributed by atoms with van der Waals surface area (Å²) in [7, 11) is 3.64. The van der Waals surface area contributed by atoms with Crippen molar-refractivity contribution in [3.8, 4) is 0 Å². The minimum Gasteiger partial charge on any atom is -0.348 e. The van der Waals surface area contributed by atoms with Gasteiger partial charge < -0.3 is 9.80 Å². The van der Waals surface area contributed by atoms with Gasteiger partial charge in [0, 0.05) is 51.7 Å². The fourth-order valence-electron chi connectivity index (χ4n) is 3.76. The third-order valence-corrected chi connectivity index (χ3v) is 5.25. The molecule has 23 heavy (non-hydrogen) atoms. The summed E-state index contributed by atoms with van der Waals surface area (Å²) in [6, 6.07) is 0. The molecule has 0 saturated carbocycles. The van der Waals surface area contributed by atoms with E-state index in [0.29, 0.717) is 6.54 Å². The summed E-state index contributed by atoms with van der Waals surface area (Å²) < 4.78 is 0. The van der Waals surface area contributed by atoms with Gasteiger partial charge in [-0.3, -0.25) is 9.69 Å². The van der Waals surface area contributed by atoms with Crippen LogP contribution < -0.4 is 4.90 Å². The highest BCUT2D eigenvalue weighted by atomic mass is 16.2. The SMILES string of the molecule is Cc1cnc(N2CCCC23CCN(CC(=O)N(C)C)CC3)nc1. The van der Waals surface area contributed by atoms with Crippen LogP contribution in [0, 0.1) is 6.92 Å². The molecule has 0 atom stereocenters. The third kappa shape index (κ3) is 3.32. The van der Waals surface area contributed by atoms with Crippen molar-refractivity contribution in [1.82, 2.24) is 19.8 Å². The summed E-state index contributed by atoms with van der Waals surface area (Å²) in [6.07, 6.45) is 8.39. The number of nitrogens with zero attached hydrogens (tertiary/aromatic N) is 5. The second-order valence-corrected chi connectivity index (χ2v) is 7.10. The molecular weight excluding hydrogens is 290 g/mol. The minimum atomic E-state index is 0.186. The lowest BCUT2D eigenvalue weighted by molar-refractivity contribution is -0.130. The maximum Gasteiger partial charge on any atom is 0.236 e. The van der Waals surface area contributed by atoms with E-state index < -0.39 is 0 Å². The molecule has 1 spiro atoms. The van der Waals surface area contributed by atoms with Gasteiger partial charge in [0.2, 0.25) is 11.9 Å². The average Bonchev–Trinajstić information content (AvgIpc) is 2.94. The van der Waals surface area contributed by atoms with E-state index in [9.17, 15) is 4.79 Å². The number of hydrogen-bond acceptors (Lipinski definition) is 5. The maximum absolute atomic E-state index is 11.9. The van der Waals surface area contributed by atoms with E-state index in [4.69, 9.17) is 0 Å². The summed E-state index contributed by atoms with van der Waals surface area (Å²) in [4.78, 5) is 27.3. The van der Waals surface area contributed by atoms with E-state index in [-0.39, 0.29) is 11.4 Å². The molecule has 2 aliphatic rings. The van der Waals surface area contributed by atoms with Crippen LogP contribution in [0.2, 0.25) is 0 Å². The van der Waals surface area contributed by atoms with Gasteiger partial charge in [-0.2, -0.15) is 0 Å². The molecule has 3 heterocycles. The average molecular weight is 317 g/mol. The molecule has 2 saturated heterocycles. The van der Waals surface area contributed by atoms with Crippen LogP contribution in [0.3, 0.4) is 0 Å². The number of aromatic nitrogens is 2. The largest absolute Gasteiger partial charge is 0.348 e. The summed E-state index contributed by atoms with van der Waals surface area (Å²) in [5.41, 5.74) is 1.28. The molecule has 2 aliphatic heterocycles. The van der Waals surface area contributed by atoms with Crippen molar-refractivity contribution >= 4 is 11.9 Å². The second kappa shape index (κ2) is 6.43. The number of piperidine rings is 1. The highest BCUT2D eigenvalue weighted by Crippen LogP contribution is 2.40. The summed E-state index contributed by atoms with van der Waals surface area (Å²) >= 11 is 0. The van der Waals surface area contributed by atoms with E-state index in [1.54, 1.807) is 4.90 Å². The molecule has 0 aromatic carbocycles. The third-order valence-electron chi connectivity index (χ3n) is 5.25. The first-order valence-electron chi connectivity index (χ1n) is 8.49. The maximum atomic E-state index is 11.9. The first-order valence-corrected chi connectivity index (χ1v) is 8.49. The molecule has 1 aromatic rings. The molecule has 0 radical (unpaired) electrons. The van der Waals surface area contributed by atoms with Gasteiger partial charge in [0.1, 0.15) is 0 Å². The Morgan fingerprint density at radius 3 is 2.43 bits per heavy atom. The fourth-order valence-corrected chi connectivity index (χ4v) is 3.76. The normalized spacial score (nSPS) is 20.9. The van der Waals surface area contributed by atoms with Crippen LogP contribution in [-0.4, -0.2) is 71.5 Å². The van der Waals surface area contributed by atoms with Crippen LogP contribution in [-0.2, 0) is 4.79 Å². The number of hydrogen-bond donors (Lipinski definition) is 0. The van der Waals surface area contributed by atoms with Crippen molar-refractivity contribution in [2.75, 3.05) is 45.2 Å². The van der Waals surface area contributed by atoms with Crippen LogP contribution in [0.25, 0.3) is 0 Å². The van der Waals surface area contributed by atoms with Gasteiger partial charge in [-0.15, -0.1) is 0 Å². The van der Waals surface area contributed by atoms with Crippen molar-refractivity contribution < 1.29 is 4.79 Å². The molecule has 0 unspecified atom stereocenters. The Bertz CT molecular complexity index is 549. The Balaban J connectivity index is 1.66. The zero-order valence-corrected chi connectivity index (χ0v) is 14.5. The van der Waals surface area contributed by atoms with Crippen molar-refractivity contribution in [3.05, 3.63) is 18.0 Å². The number of likely N-dealkylation sites (N-methyl/N-ethyl adjacent to an activating group) is 1. The minimum absolute atomic E-state index is 0.186. The van der Waals surface area contributed by atoms with Gasteiger partial charge >= 0.3 is 0 Å². The summed E-state index contributed by atoms with van der Waals surface area (Å²) in [6.45, 7) is 5.54. The van der Waals surface area contributed by atoms with E-state index in [2.05, 4.69) is 19.8 Å². The molecule has 0 aliphatic carbocycles. The van der Waals surface area contributed by atoms with E-state index >= 15 is 0 Å². The predicted octanol–water partition coefficient (Wildman–Crippen LogP) is 1.31. The van der Waals surface area contributed by atoms with Gasteiger partial charge in [-0.05, 0) is 38.2 Å². The molecular formula is C17H27N5O. The molecule has 0 bridgehead atoms. The number of rotatable bonds is 3. The molecule has 126 valence electrons. The van der Waals surface area contributed by atoms with Crippen LogP contribution in [0.5, 0.6) is 0 Å².